The van der Waals surface area contributed by atoms with E-state index < -0.39 is 24.0 Å². The molecule has 2 fully saturated rings. The average Bonchev–Trinajstić information content (AvgIpc) is 2.97. The van der Waals surface area contributed by atoms with Crippen LogP contribution >= 0.6 is 0 Å². The van der Waals surface area contributed by atoms with E-state index in [0.717, 1.165) is 38.5 Å². The molecule has 1 aliphatic carbocycles. The minimum atomic E-state index is -1.32. The molecule has 1 heterocycles. The molecule has 7 nitrogen and oxygen atoms in total. The molecule has 2 rings (SSSR count). The second-order valence-electron chi connectivity index (χ2n) is 7.86. The molecule has 166 valence electrons. The number of unbranched alkanes of at least 4 members (excludes halogenated alkanes) is 3. The Morgan fingerprint density at radius 1 is 0.929 bits per heavy atom. The van der Waals surface area contributed by atoms with Crippen LogP contribution in [0.1, 0.15) is 66.2 Å². The fourth-order valence-electron chi connectivity index (χ4n) is 3.88. The van der Waals surface area contributed by atoms with E-state index in [1.807, 2.05) is 0 Å². The monoisotopic (exact) mass is 404 g/mol. The van der Waals surface area contributed by atoms with Gasteiger partial charge in [-0.3, -0.25) is 4.74 Å². The standard InChI is InChI=1S/C21H40O7/c1-6-9-12-24-15-16-17(25-13-10-7-2)18(26-14-11-8-3)21(16)19(22)27-20(4,23-5)28-21/h16-19,22H,6-15H2,1-5H3/t16?,17-,18?,19+,20?,21?/m1/s1. The third-order valence-electron chi connectivity index (χ3n) is 5.71. The van der Waals surface area contributed by atoms with Crippen molar-refractivity contribution in [1.82, 2.24) is 0 Å². The molecule has 2 aliphatic rings. The molecule has 0 aromatic carbocycles. The Morgan fingerprint density at radius 3 is 2.11 bits per heavy atom. The molecule has 0 aromatic heterocycles. The lowest BCUT2D eigenvalue weighted by Crippen LogP contribution is -2.76. The first-order valence-electron chi connectivity index (χ1n) is 10.9. The van der Waals surface area contributed by atoms with Gasteiger partial charge in [0.1, 0.15) is 6.10 Å². The van der Waals surface area contributed by atoms with Crippen LogP contribution in [-0.2, 0) is 28.4 Å². The lowest BCUT2D eigenvalue weighted by Gasteiger charge is -2.57. The molecule has 0 bridgehead atoms. The Morgan fingerprint density at radius 2 is 1.54 bits per heavy atom. The van der Waals surface area contributed by atoms with Gasteiger partial charge < -0.3 is 28.8 Å². The molecule has 7 heteroatoms. The highest BCUT2D eigenvalue weighted by molar-refractivity contribution is 5.17. The predicted octanol–water partition coefficient (Wildman–Crippen LogP) is 3.23. The quantitative estimate of drug-likeness (QED) is 0.446. The van der Waals surface area contributed by atoms with Crippen molar-refractivity contribution in [1.29, 1.82) is 0 Å². The van der Waals surface area contributed by atoms with Crippen LogP contribution < -0.4 is 0 Å². The summed E-state index contributed by atoms with van der Waals surface area (Å²) in [5.41, 5.74) is -1.05. The molecule has 1 N–H and O–H groups in total. The normalized spacial score (nSPS) is 37.5. The highest BCUT2D eigenvalue weighted by Gasteiger charge is 2.75. The van der Waals surface area contributed by atoms with Crippen molar-refractivity contribution < 1.29 is 33.5 Å². The molecule has 6 atom stereocenters. The summed E-state index contributed by atoms with van der Waals surface area (Å²) in [5, 5.41) is 10.8. The van der Waals surface area contributed by atoms with Gasteiger partial charge in [0.05, 0.1) is 12.7 Å². The maximum atomic E-state index is 10.8. The Hall–Kier alpha value is -0.280. The molecule has 1 saturated heterocycles. The highest BCUT2D eigenvalue weighted by Crippen LogP contribution is 2.55. The fourth-order valence-corrected chi connectivity index (χ4v) is 3.88. The summed E-state index contributed by atoms with van der Waals surface area (Å²) in [6.45, 7) is 10.4. The number of ether oxygens (including phenoxy) is 6. The van der Waals surface area contributed by atoms with Crippen LogP contribution in [-0.4, -0.2) is 68.7 Å². The lowest BCUT2D eigenvalue weighted by molar-refractivity contribution is -0.371. The van der Waals surface area contributed by atoms with Gasteiger partial charge in [0.2, 0.25) is 0 Å². The van der Waals surface area contributed by atoms with E-state index in [1.165, 1.54) is 7.11 Å². The smallest absolute Gasteiger partial charge is 0.282 e. The van der Waals surface area contributed by atoms with Crippen LogP contribution in [0.2, 0.25) is 0 Å². The number of hydrogen-bond acceptors (Lipinski definition) is 7. The Balaban J connectivity index is 2.18. The molecule has 0 radical (unpaired) electrons. The summed E-state index contributed by atoms with van der Waals surface area (Å²) in [6.07, 6.45) is 4.25. The molecule has 28 heavy (non-hydrogen) atoms. The van der Waals surface area contributed by atoms with E-state index in [2.05, 4.69) is 20.8 Å². The number of hydrogen-bond donors (Lipinski definition) is 1. The first-order chi connectivity index (χ1) is 13.5. The zero-order valence-electron chi connectivity index (χ0n) is 18.3. The number of aliphatic hydroxyl groups excluding tert-OH is 1. The van der Waals surface area contributed by atoms with E-state index in [1.54, 1.807) is 6.92 Å². The minimum Gasteiger partial charge on any atom is -0.381 e. The first-order valence-corrected chi connectivity index (χ1v) is 10.9. The van der Waals surface area contributed by atoms with E-state index >= 15 is 0 Å². The minimum absolute atomic E-state index is 0.195. The largest absolute Gasteiger partial charge is 0.381 e. The summed E-state index contributed by atoms with van der Waals surface area (Å²) in [4.78, 5) is 0. The van der Waals surface area contributed by atoms with Gasteiger partial charge in [-0.25, -0.2) is 0 Å². The molecule has 1 spiro atoms. The van der Waals surface area contributed by atoms with Crippen molar-refractivity contribution in [2.45, 2.75) is 96.3 Å². The van der Waals surface area contributed by atoms with Gasteiger partial charge in [-0.15, -0.1) is 0 Å². The molecule has 4 unspecified atom stereocenters. The molecule has 1 aliphatic heterocycles. The maximum absolute atomic E-state index is 10.8. The second kappa shape index (κ2) is 11.2. The van der Waals surface area contributed by atoms with Gasteiger partial charge in [-0.05, 0) is 19.3 Å². The lowest BCUT2D eigenvalue weighted by atomic mass is 9.63. The van der Waals surface area contributed by atoms with Gasteiger partial charge in [0.25, 0.3) is 5.97 Å². The summed E-state index contributed by atoms with van der Waals surface area (Å²) in [6, 6.07) is 0. The highest BCUT2D eigenvalue weighted by atomic mass is 16.9. The van der Waals surface area contributed by atoms with E-state index in [9.17, 15) is 5.11 Å². The summed E-state index contributed by atoms with van der Waals surface area (Å²) >= 11 is 0. The first kappa shape index (κ1) is 24.0. The van der Waals surface area contributed by atoms with Gasteiger partial charge in [0.15, 0.2) is 11.9 Å². The van der Waals surface area contributed by atoms with E-state index in [0.29, 0.717) is 26.4 Å². The zero-order chi connectivity index (χ0) is 20.6. The number of methoxy groups -OCH3 is 1. The van der Waals surface area contributed by atoms with Crippen LogP contribution in [0.25, 0.3) is 0 Å². The van der Waals surface area contributed by atoms with E-state index in [4.69, 9.17) is 28.4 Å². The third kappa shape index (κ3) is 5.06. The molecular formula is C21H40O7. The van der Waals surface area contributed by atoms with Crippen molar-refractivity contribution in [2.75, 3.05) is 33.5 Å². The third-order valence-corrected chi connectivity index (χ3v) is 5.71. The Bertz CT molecular complexity index is 448. The Labute approximate surface area is 170 Å². The van der Waals surface area contributed by atoms with Crippen molar-refractivity contribution in [3.8, 4) is 0 Å². The van der Waals surface area contributed by atoms with Crippen molar-refractivity contribution >= 4 is 0 Å². The zero-order valence-corrected chi connectivity index (χ0v) is 18.3. The van der Waals surface area contributed by atoms with Crippen LogP contribution in [0.15, 0.2) is 0 Å². The summed E-state index contributed by atoms with van der Waals surface area (Å²) in [7, 11) is 1.50. The average molecular weight is 405 g/mol. The predicted molar refractivity (Wildman–Crippen MR) is 105 cm³/mol. The van der Waals surface area contributed by atoms with Crippen LogP contribution in [0.4, 0.5) is 0 Å². The van der Waals surface area contributed by atoms with E-state index in [-0.39, 0.29) is 12.0 Å². The second-order valence-corrected chi connectivity index (χ2v) is 7.86. The summed E-state index contributed by atoms with van der Waals surface area (Å²) < 4.78 is 35.4. The molecule has 0 aromatic rings. The SMILES string of the molecule is CCCCOCC1[C@@H](OCCCC)C(OCCCC)C12OC(C)(OC)O[C@@H]2O. The molecule has 1 saturated carbocycles. The van der Waals surface area contributed by atoms with Gasteiger partial charge in [-0.2, -0.15) is 0 Å². The van der Waals surface area contributed by atoms with Crippen molar-refractivity contribution in [3.63, 3.8) is 0 Å². The van der Waals surface area contributed by atoms with Crippen LogP contribution in [0, 0.1) is 5.92 Å². The Kier molecular flexibility index (Phi) is 9.60. The molecule has 0 amide bonds. The number of aliphatic hydroxyl groups is 1. The van der Waals surface area contributed by atoms with Gasteiger partial charge >= 0.3 is 0 Å². The topological polar surface area (TPSA) is 75.6 Å². The maximum Gasteiger partial charge on any atom is 0.282 e. The van der Waals surface area contributed by atoms with Gasteiger partial charge in [0, 0.05) is 39.8 Å². The molecular weight excluding hydrogens is 364 g/mol. The van der Waals surface area contributed by atoms with Gasteiger partial charge in [-0.1, -0.05) is 40.0 Å². The summed E-state index contributed by atoms with van der Waals surface area (Å²) in [5.74, 6) is -1.51. The number of rotatable bonds is 14. The van der Waals surface area contributed by atoms with Crippen LogP contribution in [0.5, 0.6) is 0 Å². The van der Waals surface area contributed by atoms with Crippen LogP contribution in [0.3, 0.4) is 0 Å². The fraction of sp³-hybridized carbons (Fsp3) is 1.00. The van der Waals surface area contributed by atoms with Crippen molar-refractivity contribution in [3.05, 3.63) is 0 Å². The van der Waals surface area contributed by atoms with Crippen molar-refractivity contribution in [2.24, 2.45) is 5.92 Å².